The number of aliphatic hydroxyl groups is 1. The Labute approximate surface area is 192 Å². The van der Waals surface area contributed by atoms with E-state index in [2.05, 4.69) is 31.1 Å². The van der Waals surface area contributed by atoms with Gasteiger partial charge in [-0.1, -0.05) is 5.16 Å². The Balaban J connectivity index is 1.19. The smallest absolute Gasteiger partial charge is 0.292 e. The predicted molar refractivity (Wildman–Crippen MR) is 121 cm³/mol. The zero-order valence-corrected chi connectivity index (χ0v) is 18.6. The minimum atomic E-state index is -0.464. The molecule has 5 fully saturated rings. The van der Waals surface area contributed by atoms with Crippen LogP contribution in [-0.2, 0) is 6.42 Å². The van der Waals surface area contributed by atoms with E-state index in [1.165, 1.54) is 25.7 Å². The highest BCUT2D eigenvalue weighted by atomic mass is 16.5. The van der Waals surface area contributed by atoms with Gasteiger partial charge in [0.15, 0.2) is 0 Å². The number of aromatic nitrogens is 3. The molecule has 33 heavy (non-hydrogen) atoms. The Morgan fingerprint density at radius 1 is 1.24 bits per heavy atom. The zero-order valence-electron chi connectivity index (χ0n) is 18.6. The van der Waals surface area contributed by atoms with Gasteiger partial charge in [-0.2, -0.15) is 4.98 Å². The Hall–Kier alpha value is -2.68. The van der Waals surface area contributed by atoms with Gasteiger partial charge in [0.25, 0.3) is 17.6 Å². The average molecular weight is 451 g/mol. The van der Waals surface area contributed by atoms with Crippen molar-refractivity contribution >= 4 is 17.4 Å². The van der Waals surface area contributed by atoms with Crippen LogP contribution in [0.15, 0.2) is 10.7 Å². The number of carbonyl (C=O) groups excluding carboxylic acids is 1. The molecule has 5 atom stereocenters. The van der Waals surface area contributed by atoms with Gasteiger partial charge in [0, 0.05) is 30.9 Å². The number of anilines is 2. The van der Waals surface area contributed by atoms with Crippen molar-refractivity contribution < 1.29 is 14.4 Å². The van der Waals surface area contributed by atoms with Gasteiger partial charge in [0.05, 0.1) is 16.9 Å². The van der Waals surface area contributed by atoms with E-state index in [0.29, 0.717) is 42.1 Å². The molecule has 1 amide bonds. The second-order valence-electron chi connectivity index (χ2n) is 11.0. The molecule has 1 aliphatic heterocycles. The first-order chi connectivity index (χ1) is 16.0. The second-order valence-corrected chi connectivity index (χ2v) is 11.0. The minimum absolute atomic E-state index is 0.0621. The van der Waals surface area contributed by atoms with Gasteiger partial charge in [-0.25, -0.2) is 4.98 Å². The molecule has 5 aliphatic carbocycles. The Morgan fingerprint density at radius 3 is 2.82 bits per heavy atom. The van der Waals surface area contributed by atoms with Crippen molar-refractivity contribution in [2.24, 2.45) is 23.7 Å². The van der Waals surface area contributed by atoms with Crippen LogP contribution >= 0.6 is 0 Å². The topological polar surface area (TPSA) is 125 Å². The summed E-state index contributed by atoms with van der Waals surface area (Å²) in [5.41, 5.74) is 2.41. The van der Waals surface area contributed by atoms with Gasteiger partial charge in [-0.3, -0.25) is 4.79 Å². The number of nitrogens with zero attached hydrogens (tertiary/aromatic N) is 3. The molecule has 0 spiro atoms. The van der Waals surface area contributed by atoms with Crippen LogP contribution in [0.25, 0.3) is 11.5 Å². The molecule has 2 aromatic heterocycles. The number of rotatable bonds is 6. The third-order valence-corrected chi connectivity index (χ3v) is 8.51. The Kier molecular flexibility index (Phi) is 4.29. The van der Waals surface area contributed by atoms with E-state index in [1.54, 1.807) is 6.20 Å². The standard InChI is InChI=1S/C24H30N6O3/c31-22(27-10-12-1-2-12)21-29-23(33-30-21)17-11-26-20-16(3-4-25-20)19(17)28-18-14-5-13-6-15(18)9-24(32,7-13)8-14/h11-15,18,32H,1-10H2,(H,27,31)(H2,25,26,28)/t13?,14-,15+,18?,24?. The van der Waals surface area contributed by atoms with E-state index in [9.17, 15) is 9.90 Å². The van der Waals surface area contributed by atoms with Crippen molar-refractivity contribution in [1.29, 1.82) is 0 Å². The van der Waals surface area contributed by atoms with Crippen LogP contribution in [0.1, 0.15) is 61.1 Å². The first-order valence-electron chi connectivity index (χ1n) is 12.4. The highest BCUT2D eigenvalue weighted by Gasteiger charge is 2.55. The molecule has 3 heterocycles. The van der Waals surface area contributed by atoms with Crippen molar-refractivity contribution in [1.82, 2.24) is 20.4 Å². The van der Waals surface area contributed by atoms with Crippen molar-refractivity contribution in [3.8, 4) is 11.5 Å². The first-order valence-corrected chi connectivity index (χ1v) is 12.4. The lowest BCUT2D eigenvalue weighted by molar-refractivity contribution is -0.129. The lowest BCUT2D eigenvalue weighted by Crippen LogP contribution is -2.59. The largest absolute Gasteiger partial charge is 0.390 e. The van der Waals surface area contributed by atoms with Crippen molar-refractivity contribution in [2.45, 2.75) is 63.0 Å². The molecule has 2 aromatic rings. The van der Waals surface area contributed by atoms with Gasteiger partial charge in [0.2, 0.25) is 0 Å². The fourth-order valence-corrected chi connectivity index (χ4v) is 7.03. The van der Waals surface area contributed by atoms with Crippen LogP contribution in [0.2, 0.25) is 0 Å². The van der Waals surface area contributed by atoms with E-state index < -0.39 is 5.60 Å². The molecular formula is C24H30N6O3. The molecule has 4 bridgehead atoms. The monoisotopic (exact) mass is 450 g/mol. The van der Waals surface area contributed by atoms with Crippen LogP contribution in [0.4, 0.5) is 11.5 Å². The summed E-state index contributed by atoms with van der Waals surface area (Å²) in [7, 11) is 0. The van der Waals surface area contributed by atoms with Crippen LogP contribution in [0, 0.1) is 23.7 Å². The number of hydrogen-bond acceptors (Lipinski definition) is 8. The SMILES string of the molecule is O=C(NCC1CC1)c1noc(-c2cnc3c(c2NC2[C@@H]4CC5C[C@H]2CC(O)(C5)C4)CCN3)n1. The lowest BCUT2D eigenvalue weighted by Gasteiger charge is -2.58. The molecule has 8 rings (SSSR count). The third kappa shape index (κ3) is 3.39. The van der Waals surface area contributed by atoms with E-state index in [4.69, 9.17) is 4.52 Å². The summed E-state index contributed by atoms with van der Waals surface area (Å²) in [6.07, 6.45) is 10.1. The number of fused-ring (bicyclic) bond motifs is 1. The number of pyridine rings is 1. The molecule has 4 N–H and O–H groups in total. The molecule has 6 aliphatic rings. The molecule has 9 heteroatoms. The summed E-state index contributed by atoms with van der Waals surface area (Å²) in [6, 6.07) is 0.317. The summed E-state index contributed by atoms with van der Waals surface area (Å²) < 4.78 is 5.56. The van der Waals surface area contributed by atoms with E-state index in [0.717, 1.165) is 54.9 Å². The molecule has 9 nitrogen and oxygen atoms in total. The molecule has 0 saturated heterocycles. The fraction of sp³-hybridized carbons (Fsp3) is 0.667. The Morgan fingerprint density at radius 2 is 2.06 bits per heavy atom. The van der Waals surface area contributed by atoms with Crippen LogP contribution in [0.5, 0.6) is 0 Å². The zero-order chi connectivity index (χ0) is 22.2. The minimum Gasteiger partial charge on any atom is -0.390 e. The Bertz CT molecular complexity index is 1100. The molecule has 3 unspecified atom stereocenters. The predicted octanol–water partition coefficient (Wildman–Crippen LogP) is 2.59. The number of nitrogens with one attached hydrogen (secondary N) is 3. The van der Waals surface area contributed by atoms with Crippen molar-refractivity contribution in [3.05, 3.63) is 17.6 Å². The van der Waals surface area contributed by atoms with E-state index in [1.807, 2.05) is 0 Å². The summed E-state index contributed by atoms with van der Waals surface area (Å²) in [5, 5.41) is 25.1. The average Bonchev–Trinajstić information content (AvgIpc) is 3.27. The third-order valence-electron chi connectivity index (χ3n) is 8.51. The highest BCUT2D eigenvalue weighted by molar-refractivity contribution is 5.91. The molecule has 5 saturated carbocycles. The fourth-order valence-electron chi connectivity index (χ4n) is 7.03. The maximum atomic E-state index is 12.4. The number of hydrogen-bond donors (Lipinski definition) is 4. The highest BCUT2D eigenvalue weighted by Crippen LogP contribution is 2.56. The van der Waals surface area contributed by atoms with E-state index >= 15 is 0 Å². The van der Waals surface area contributed by atoms with Crippen molar-refractivity contribution in [2.75, 3.05) is 23.7 Å². The van der Waals surface area contributed by atoms with Gasteiger partial charge in [-0.05, 0) is 75.0 Å². The van der Waals surface area contributed by atoms with Gasteiger partial charge < -0.3 is 25.6 Å². The summed E-state index contributed by atoms with van der Waals surface area (Å²) >= 11 is 0. The van der Waals surface area contributed by atoms with Gasteiger partial charge in [0.1, 0.15) is 5.82 Å². The van der Waals surface area contributed by atoms with Crippen molar-refractivity contribution in [3.63, 3.8) is 0 Å². The maximum Gasteiger partial charge on any atom is 0.292 e. The summed E-state index contributed by atoms with van der Waals surface area (Å²) in [4.78, 5) is 21.5. The van der Waals surface area contributed by atoms with Gasteiger partial charge >= 0.3 is 0 Å². The molecular weight excluding hydrogens is 420 g/mol. The second kappa shape index (κ2) is 7.16. The quantitative estimate of drug-likeness (QED) is 0.529. The maximum absolute atomic E-state index is 12.4. The molecule has 0 aromatic carbocycles. The molecule has 174 valence electrons. The van der Waals surface area contributed by atoms with Gasteiger partial charge in [-0.15, -0.1) is 0 Å². The van der Waals surface area contributed by atoms with Crippen LogP contribution in [-0.4, -0.2) is 50.9 Å². The van der Waals surface area contributed by atoms with Crippen LogP contribution in [0.3, 0.4) is 0 Å². The lowest BCUT2D eigenvalue weighted by atomic mass is 9.52. The normalized spacial score (nSPS) is 33.6. The first kappa shape index (κ1) is 19.8. The summed E-state index contributed by atoms with van der Waals surface area (Å²) in [5.74, 6) is 3.16. The van der Waals surface area contributed by atoms with E-state index in [-0.39, 0.29) is 11.7 Å². The van der Waals surface area contributed by atoms with Crippen LogP contribution < -0.4 is 16.0 Å². The number of carbonyl (C=O) groups is 1. The number of amides is 1. The summed E-state index contributed by atoms with van der Waals surface area (Å²) in [6.45, 7) is 1.51. The molecule has 0 radical (unpaired) electrons.